The van der Waals surface area contributed by atoms with Gasteiger partial charge in [-0.3, -0.25) is 9.89 Å². The normalized spacial score (nSPS) is 14.8. The lowest BCUT2D eigenvalue weighted by Gasteiger charge is -2.12. The summed E-state index contributed by atoms with van der Waals surface area (Å²) in [7, 11) is 0. The predicted molar refractivity (Wildman–Crippen MR) is 85.4 cm³/mol. The lowest BCUT2D eigenvalue weighted by Crippen LogP contribution is -2.25. The Balaban J connectivity index is 1.59. The minimum atomic E-state index is -0.0523. The molecule has 1 aliphatic carbocycles. The molecular formula is C16H19N3OS. The van der Waals surface area contributed by atoms with Gasteiger partial charge >= 0.3 is 0 Å². The van der Waals surface area contributed by atoms with Crippen molar-refractivity contribution in [1.29, 1.82) is 0 Å². The topological polar surface area (TPSA) is 57.8 Å². The van der Waals surface area contributed by atoms with Gasteiger partial charge in [-0.2, -0.15) is 5.10 Å². The molecule has 0 radical (unpaired) electrons. The number of hydrogen-bond donors (Lipinski definition) is 2. The number of nitrogens with one attached hydrogen (secondary N) is 2. The summed E-state index contributed by atoms with van der Waals surface area (Å²) in [6.45, 7) is 0.694. The largest absolute Gasteiger partial charge is 0.352 e. The zero-order chi connectivity index (χ0) is 14.5. The highest BCUT2D eigenvalue weighted by molar-refractivity contribution is 7.13. The van der Waals surface area contributed by atoms with Crippen LogP contribution in [0.15, 0.2) is 35.4 Å². The molecule has 0 aromatic carbocycles. The summed E-state index contributed by atoms with van der Waals surface area (Å²) in [5, 5.41) is 11.9. The van der Waals surface area contributed by atoms with Gasteiger partial charge in [0.2, 0.25) is 0 Å². The zero-order valence-electron chi connectivity index (χ0n) is 11.9. The number of carbonyl (C=O) groups is 1. The van der Waals surface area contributed by atoms with Gasteiger partial charge in [-0.1, -0.05) is 17.7 Å². The third kappa shape index (κ3) is 3.42. The Bertz CT molecular complexity index is 628. The second-order valence-corrected chi connectivity index (χ2v) is 6.20. The molecule has 1 aliphatic rings. The monoisotopic (exact) mass is 301 g/mol. The molecule has 0 spiro atoms. The summed E-state index contributed by atoms with van der Waals surface area (Å²) in [6.07, 6.45) is 9.83. The summed E-state index contributed by atoms with van der Waals surface area (Å²) < 4.78 is 0. The van der Waals surface area contributed by atoms with Crippen LogP contribution in [0.4, 0.5) is 0 Å². The SMILES string of the molecule is O=C(NCCC1=CCCCC1)c1cn[nH]c1-c1cccs1. The highest BCUT2D eigenvalue weighted by Gasteiger charge is 2.15. The van der Waals surface area contributed by atoms with Crippen LogP contribution >= 0.6 is 11.3 Å². The van der Waals surface area contributed by atoms with Crippen molar-refractivity contribution in [1.82, 2.24) is 15.5 Å². The van der Waals surface area contributed by atoms with Crippen molar-refractivity contribution in [2.24, 2.45) is 0 Å². The molecule has 0 aliphatic heterocycles. The Morgan fingerprint density at radius 1 is 1.43 bits per heavy atom. The van der Waals surface area contributed by atoms with E-state index in [0.717, 1.165) is 17.0 Å². The summed E-state index contributed by atoms with van der Waals surface area (Å²) in [5.41, 5.74) is 2.90. The second-order valence-electron chi connectivity index (χ2n) is 5.25. The van der Waals surface area contributed by atoms with Crippen LogP contribution in [0.1, 0.15) is 42.5 Å². The minimum absolute atomic E-state index is 0.0523. The van der Waals surface area contributed by atoms with Crippen LogP contribution in [0.2, 0.25) is 0 Å². The first-order valence-corrected chi connectivity index (χ1v) is 8.26. The number of aromatic amines is 1. The van der Waals surface area contributed by atoms with E-state index in [1.807, 2.05) is 17.5 Å². The average Bonchev–Trinajstić information content (AvgIpc) is 3.19. The van der Waals surface area contributed by atoms with Crippen LogP contribution in [-0.2, 0) is 0 Å². The Kier molecular flexibility index (Phi) is 4.50. The molecule has 2 aromatic rings. The highest BCUT2D eigenvalue weighted by atomic mass is 32.1. The van der Waals surface area contributed by atoms with E-state index in [1.54, 1.807) is 17.5 Å². The summed E-state index contributed by atoms with van der Waals surface area (Å²) in [4.78, 5) is 13.3. The van der Waals surface area contributed by atoms with E-state index < -0.39 is 0 Å². The van der Waals surface area contributed by atoms with E-state index in [-0.39, 0.29) is 5.91 Å². The van der Waals surface area contributed by atoms with Crippen LogP contribution in [0.3, 0.4) is 0 Å². The Hall–Kier alpha value is -1.88. The minimum Gasteiger partial charge on any atom is -0.352 e. The first-order valence-electron chi connectivity index (χ1n) is 7.38. The maximum absolute atomic E-state index is 12.3. The van der Waals surface area contributed by atoms with Crippen LogP contribution in [0, 0.1) is 0 Å². The molecule has 0 fully saturated rings. The summed E-state index contributed by atoms with van der Waals surface area (Å²) in [5.74, 6) is -0.0523. The van der Waals surface area contributed by atoms with E-state index in [2.05, 4.69) is 21.6 Å². The Morgan fingerprint density at radius 3 is 3.14 bits per heavy atom. The summed E-state index contributed by atoms with van der Waals surface area (Å²) >= 11 is 1.60. The van der Waals surface area contributed by atoms with Crippen LogP contribution in [-0.4, -0.2) is 22.6 Å². The average molecular weight is 301 g/mol. The molecule has 3 rings (SSSR count). The summed E-state index contributed by atoms with van der Waals surface area (Å²) in [6, 6.07) is 3.96. The molecule has 110 valence electrons. The second kappa shape index (κ2) is 6.72. The number of allylic oxidation sites excluding steroid dienone is 1. The standard InChI is InChI=1S/C16H19N3OS/c20-16(17-9-8-12-5-2-1-3-6-12)13-11-18-19-15(13)14-7-4-10-21-14/h4-5,7,10-11H,1-3,6,8-9H2,(H,17,20)(H,18,19). The number of H-pyrrole nitrogens is 1. The van der Waals surface area contributed by atoms with Crippen molar-refractivity contribution in [3.05, 3.63) is 40.9 Å². The molecule has 2 aromatic heterocycles. The van der Waals surface area contributed by atoms with Crippen molar-refractivity contribution in [2.45, 2.75) is 32.1 Å². The molecule has 2 N–H and O–H groups in total. The van der Waals surface area contributed by atoms with Gasteiger partial charge in [0.25, 0.3) is 5.91 Å². The number of carbonyl (C=O) groups excluding carboxylic acids is 1. The molecule has 0 saturated carbocycles. The number of hydrogen-bond acceptors (Lipinski definition) is 3. The molecule has 0 saturated heterocycles. The quantitative estimate of drug-likeness (QED) is 0.826. The van der Waals surface area contributed by atoms with Crippen LogP contribution in [0.5, 0.6) is 0 Å². The van der Waals surface area contributed by atoms with E-state index in [0.29, 0.717) is 12.1 Å². The molecule has 4 nitrogen and oxygen atoms in total. The van der Waals surface area contributed by atoms with Crippen molar-refractivity contribution < 1.29 is 4.79 Å². The van der Waals surface area contributed by atoms with Crippen LogP contribution in [0.25, 0.3) is 10.6 Å². The fraction of sp³-hybridized carbons (Fsp3) is 0.375. The number of thiophene rings is 1. The molecule has 5 heteroatoms. The van der Waals surface area contributed by atoms with Crippen molar-refractivity contribution >= 4 is 17.2 Å². The highest BCUT2D eigenvalue weighted by Crippen LogP contribution is 2.25. The van der Waals surface area contributed by atoms with Gasteiger partial charge in [0, 0.05) is 6.54 Å². The van der Waals surface area contributed by atoms with Gasteiger partial charge in [0.05, 0.1) is 22.3 Å². The van der Waals surface area contributed by atoms with Crippen LogP contribution < -0.4 is 5.32 Å². The molecule has 2 heterocycles. The fourth-order valence-corrected chi connectivity index (χ4v) is 3.36. The number of amides is 1. The van der Waals surface area contributed by atoms with E-state index in [9.17, 15) is 4.79 Å². The first kappa shape index (κ1) is 14.1. The number of rotatable bonds is 5. The molecule has 0 atom stereocenters. The van der Waals surface area contributed by atoms with Gasteiger partial charge < -0.3 is 5.32 Å². The maximum Gasteiger partial charge on any atom is 0.255 e. The smallest absolute Gasteiger partial charge is 0.255 e. The lowest BCUT2D eigenvalue weighted by atomic mass is 9.97. The van der Waals surface area contributed by atoms with Crippen molar-refractivity contribution in [3.63, 3.8) is 0 Å². The van der Waals surface area contributed by atoms with E-state index >= 15 is 0 Å². The van der Waals surface area contributed by atoms with Gasteiger partial charge in [-0.05, 0) is 43.6 Å². The van der Waals surface area contributed by atoms with Gasteiger partial charge in [0.1, 0.15) is 0 Å². The van der Waals surface area contributed by atoms with Crippen molar-refractivity contribution in [2.75, 3.05) is 6.54 Å². The van der Waals surface area contributed by atoms with Gasteiger partial charge in [-0.15, -0.1) is 11.3 Å². The van der Waals surface area contributed by atoms with Gasteiger partial charge in [-0.25, -0.2) is 0 Å². The molecule has 21 heavy (non-hydrogen) atoms. The first-order chi connectivity index (χ1) is 10.3. The molecular weight excluding hydrogens is 282 g/mol. The predicted octanol–water partition coefficient (Wildman–Crippen LogP) is 3.76. The molecule has 1 amide bonds. The number of aromatic nitrogens is 2. The Morgan fingerprint density at radius 2 is 2.38 bits per heavy atom. The fourth-order valence-electron chi connectivity index (χ4n) is 2.63. The third-order valence-electron chi connectivity index (χ3n) is 3.77. The molecule has 0 unspecified atom stereocenters. The van der Waals surface area contributed by atoms with E-state index in [4.69, 9.17) is 0 Å². The Labute approximate surface area is 128 Å². The number of nitrogens with zero attached hydrogens (tertiary/aromatic N) is 1. The lowest BCUT2D eigenvalue weighted by molar-refractivity contribution is 0.0955. The maximum atomic E-state index is 12.3. The zero-order valence-corrected chi connectivity index (χ0v) is 12.7. The third-order valence-corrected chi connectivity index (χ3v) is 4.66. The van der Waals surface area contributed by atoms with E-state index in [1.165, 1.54) is 31.3 Å². The van der Waals surface area contributed by atoms with Gasteiger partial charge in [0.15, 0.2) is 0 Å². The molecule has 0 bridgehead atoms. The van der Waals surface area contributed by atoms with Crippen molar-refractivity contribution in [3.8, 4) is 10.6 Å².